The van der Waals surface area contributed by atoms with Gasteiger partial charge >= 0.3 is 0 Å². The molecular weight excluding hydrogens is 236 g/mol. The van der Waals surface area contributed by atoms with E-state index in [4.69, 9.17) is 5.73 Å². The third kappa shape index (κ3) is 6.38. The van der Waals surface area contributed by atoms with Crippen LogP contribution in [0.5, 0.6) is 0 Å². The maximum atomic E-state index is 11.9. The third-order valence-electron chi connectivity index (χ3n) is 3.24. The van der Waals surface area contributed by atoms with Gasteiger partial charge in [0, 0.05) is 12.1 Å². The first-order valence-electron chi connectivity index (χ1n) is 6.43. The minimum atomic E-state index is -3.12. The molecule has 17 heavy (non-hydrogen) atoms. The first-order chi connectivity index (χ1) is 7.68. The Hall–Kier alpha value is -0.130. The monoisotopic (exact) mass is 262 g/mol. The minimum Gasteiger partial charge on any atom is -0.328 e. The molecule has 4 nitrogen and oxygen atoms in total. The Kier molecular flexibility index (Phi) is 4.98. The molecule has 102 valence electrons. The van der Waals surface area contributed by atoms with Crippen LogP contribution in [-0.4, -0.2) is 26.3 Å². The van der Waals surface area contributed by atoms with Crippen LogP contribution in [0.2, 0.25) is 0 Å². The summed E-state index contributed by atoms with van der Waals surface area (Å²) in [4.78, 5) is 0. The molecule has 0 amide bonds. The van der Waals surface area contributed by atoms with E-state index >= 15 is 0 Å². The summed E-state index contributed by atoms with van der Waals surface area (Å²) in [5.74, 6) is 0.221. The lowest BCUT2D eigenvalue weighted by Gasteiger charge is -2.27. The summed E-state index contributed by atoms with van der Waals surface area (Å²) in [6.45, 7) is 6.17. The average molecular weight is 262 g/mol. The van der Waals surface area contributed by atoms with Crippen LogP contribution >= 0.6 is 0 Å². The molecule has 1 aliphatic rings. The van der Waals surface area contributed by atoms with E-state index in [0.717, 1.165) is 25.7 Å². The van der Waals surface area contributed by atoms with E-state index in [9.17, 15) is 8.42 Å². The zero-order chi connectivity index (χ0) is 13.1. The fourth-order valence-electron chi connectivity index (χ4n) is 1.99. The summed E-state index contributed by atoms with van der Waals surface area (Å²) in [5.41, 5.74) is 5.86. The molecule has 0 aromatic rings. The van der Waals surface area contributed by atoms with Crippen molar-refractivity contribution in [1.29, 1.82) is 0 Å². The first-order valence-corrected chi connectivity index (χ1v) is 8.09. The van der Waals surface area contributed by atoms with Crippen molar-refractivity contribution in [2.75, 3.05) is 5.75 Å². The molecular formula is C12H26N2O2S. The van der Waals surface area contributed by atoms with Crippen LogP contribution in [0, 0.1) is 5.41 Å². The van der Waals surface area contributed by atoms with Gasteiger partial charge in [-0.1, -0.05) is 20.8 Å². The summed E-state index contributed by atoms with van der Waals surface area (Å²) in [5, 5.41) is 0. The van der Waals surface area contributed by atoms with E-state index in [0.29, 0.717) is 6.42 Å². The predicted octanol–water partition coefficient (Wildman–Crippen LogP) is 1.61. The zero-order valence-corrected chi connectivity index (χ0v) is 12.0. The number of nitrogens with two attached hydrogens (primary N) is 1. The number of sulfonamides is 1. The Morgan fingerprint density at radius 1 is 1.18 bits per heavy atom. The van der Waals surface area contributed by atoms with Crippen molar-refractivity contribution in [2.45, 2.75) is 65.0 Å². The summed E-state index contributed by atoms with van der Waals surface area (Å²) in [6.07, 6.45) is 4.28. The topological polar surface area (TPSA) is 72.2 Å². The Morgan fingerprint density at radius 3 is 2.18 bits per heavy atom. The van der Waals surface area contributed by atoms with E-state index in [1.54, 1.807) is 0 Å². The lowest BCUT2D eigenvalue weighted by atomic mass is 9.93. The van der Waals surface area contributed by atoms with Crippen LogP contribution in [-0.2, 0) is 10.0 Å². The number of rotatable bonds is 4. The van der Waals surface area contributed by atoms with Gasteiger partial charge in [0.25, 0.3) is 0 Å². The lowest BCUT2D eigenvalue weighted by Crippen LogP contribution is -2.41. The fourth-order valence-corrected chi connectivity index (χ4v) is 3.73. The molecule has 1 aliphatic carbocycles. The first kappa shape index (κ1) is 14.9. The van der Waals surface area contributed by atoms with Crippen LogP contribution in [0.3, 0.4) is 0 Å². The van der Waals surface area contributed by atoms with Gasteiger partial charge in [-0.05, 0) is 37.5 Å². The molecule has 1 saturated carbocycles. The van der Waals surface area contributed by atoms with Gasteiger partial charge in [0.2, 0.25) is 10.0 Å². The number of nitrogens with one attached hydrogen (secondary N) is 1. The second kappa shape index (κ2) is 5.67. The molecule has 0 radical (unpaired) electrons. The quantitative estimate of drug-likeness (QED) is 0.808. The van der Waals surface area contributed by atoms with E-state index in [1.807, 2.05) is 0 Å². The lowest BCUT2D eigenvalue weighted by molar-refractivity contribution is 0.369. The molecule has 0 heterocycles. The molecule has 0 bridgehead atoms. The van der Waals surface area contributed by atoms with E-state index in [1.165, 1.54) is 0 Å². The van der Waals surface area contributed by atoms with Crippen LogP contribution in [0.25, 0.3) is 0 Å². The Bertz CT molecular complexity index is 325. The fraction of sp³-hybridized carbons (Fsp3) is 1.00. The molecule has 0 atom stereocenters. The maximum absolute atomic E-state index is 11.9. The highest BCUT2D eigenvalue weighted by atomic mass is 32.2. The van der Waals surface area contributed by atoms with Crippen LogP contribution in [0.4, 0.5) is 0 Å². The Labute approximate surface area is 105 Å². The summed E-state index contributed by atoms with van der Waals surface area (Å²) in [6, 6.07) is 0.352. The third-order valence-corrected chi connectivity index (χ3v) is 4.67. The standard InChI is InChI=1S/C12H26N2O2S/c1-12(2,3)8-9-17(15,16)14-11-6-4-10(13)5-7-11/h10-11,14H,4-9,13H2,1-3H3. The molecule has 1 rings (SSSR count). The van der Waals surface area contributed by atoms with Crippen molar-refractivity contribution in [2.24, 2.45) is 11.1 Å². The molecule has 1 fully saturated rings. The minimum absolute atomic E-state index is 0.0592. The molecule has 0 spiro atoms. The van der Waals surface area contributed by atoms with Crippen molar-refractivity contribution >= 4 is 10.0 Å². The van der Waals surface area contributed by atoms with Crippen LogP contribution in [0.15, 0.2) is 0 Å². The largest absolute Gasteiger partial charge is 0.328 e. The molecule has 3 N–H and O–H groups in total. The summed E-state index contributed by atoms with van der Waals surface area (Å²) < 4.78 is 26.6. The predicted molar refractivity (Wildman–Crippen MR) is 71.2 cm³/mol. The zero-order valence-electron chi connectivity index (χ0n) is 11.2. The molecule has 0 saturated heterocycles. The van der Waals surface area contributed by atoms with Gasteiger partial charge in [-0.25, -0.2) is 13.1 Å². The van der Waals surface area contributed by atoms with Gasteiger partial charge in [-0.3, -0.25) is 0 Å². The van der Waals surface area contributed by atoms with Gasteiger partial charge < -0.3 is 5.73 Å². The van der Waals surface area contributed by atoms with Crippen molar-refractivity contribution in [3.8, 4) is 0 Å². The number of hydrogen-bond donors (Lipinski definition) is 2. The van der Waals surface area contributed by atoms with Crippen molar-refractivity contribution in [3.63, 3.8) is 0 Å². The second-order valence-electron chi connectivity index (χ2n) is 6.36. The van der Waals surface area contributed by atoms with Gasteiger partial charge in [0.1, 0.15) is 0 Å². The smallest absolute Gasteiger partial charge is 0.211 e. The van der Waals surface area contributed by atoms with Gasteiger partial charge in [0.05, 0.1) is 5.75 Å². The highest BCUT2D eigenvalue weighted by Crippen LogP contribution is 2.21. The van der Waals surface area contributed by atoms with Gasteiger partial charge in [-0.2, -0.15) is 0 Å². The van der Waals surface area contributed by atoms with E-state index in [2.05, 4.69) is 25.5 Å². The number of hydrogen-bond acceptors (Lipinski definition) is 3. The van der Waals surface area contributed by atoms with Crippen molar-refractivity contribution in [3.05, 3.63) is 0 Å². The second-order valence-corrected chi connectivity index (χ2v) is 8.23. The highest BCUT2D eigenvalue weighted by Gasteiger charge is 2.24. The Morgan fingerprint density at radius 2 is 1.71 bits per heavy atom. The van der Waals surface area contributed by atoms with Crippen molar-refractivity contribution in [1.82, 2.24) is 4.72 Å². The van der Waals surface area contributed by atoms with E-state index < -0.39 is 10.0 Å². The molecule has 0 aromatic heterocycles. The summed E-state index contributed by atoms with van der Waals surface area (Å²) >= 11 is 0. The molecule has 0 aliphatic heterocycles. The normalized spacial score (nSPS) is 27.1. The molecule has 0 unspecified atom stereocenters. The Balaban J connectivity index is 2.39. The van der Waals surface area contributed by atoms with Crippen LogP contribution in [0.1, 0.15) is 52.9 Å². The van der Waals surface area contributed by atoms with Gasteiger partial charge in [-0.15, -0.1) is 0 Å². The highest BCUT2D eigenvalue weighted by molar-refractivity contribution is 7.89. The van der Waals surface area contributed by atoms with Crippen molar-refractivity contribution < 1.29 is 8.42 Å². The van der Waals surface area contributed by atoms with E-state index in [-0.39, 0.29) is 23.3 Å². The molecule has 0 aromatic carbocycles. The average Bonchev–Trinajstić information content (AvgIpc) is 2.18. The summed E-state index contributed by atoms with van der Waals surface area (Å²) in [7, 11) is -3.12. The van der Waals surface area contributed by atoms with Gasteiger partial charge in [0.15, 0.2) is 0 Å². The molecule has 5 heteroatoms. The maximum Gasteiger partial charge on any atom is 0.211 e. The SMILES string of the molecule is CC(C)(C)CCS(=O)(=O)NC1CCC(N)CC1. The van der Waals surface area contributed by atoms with Crippen LogP contribution < -0.4 is 10.5 Å².